The van der Waals surface area contributed by atoms with Crippen LogP contribution in [0.2, 0.25) is 0 Å². The van der Waals surface area contributed by atoms with E-state index in [1.807, 2.05) is 16.3 Å². The lowest BCUT2D eigenvalue weighted by molar-refractivity contribution is -0.645. The number of carbonyl (C=O) groups is 8. The maximum absolute atomic E-state index is 15.3. The Balaban J connectivity index is 0.520. The number of sulfonamides is 2. The van der Waals surface area contributed by atoms with Crippen molar-refractivity contribution < 1.29 is 125 Å². The quantitative estimate of drug-likeness (QED) is 0.00704. The van der Waals surface area contributed by atoms with E-state index in [4.69, 9.17) is 57.8 Å². The monoisotopic (exact) mass is 1820 g/mol. The number of nitrogen functional groups attached to an aromatic ring is 1. The average Bonchev–Trinajstić information content (AvgIpc) is 1.16. The van der Waals surface area contributed by atoms with Crippen molar-refractivity contribution in [2.24, 2.45) is 0 Å². The van der Waals surface area contributed by atoms with Gasteiger partial charge in [-0.1, -0.05) is 48.4 Å². The zero-order valence-corrected chi connectivity index (χ0v) is 74.3. The molecule has 10 rings (SSSR count). The number of Topliss-reactive ketones (excluding diaryl/α,β-unsaturated/α-hetero) is 2. The number of rotatable bonds is 61. The molecule has 686 valence electrons. The maximum atomic E-state index is 15.3. The summed E-state index contributed by atoms with van der Waals surface area (Å²) in [5.74, 6) is -2.75. The molecule has 3 fully saturated rings. The van der Waals surface area contributed by atoms with Crippen LogP contribution in [0.25, 0.3) is 32.6 Å². The molecule has 6 aromatic rings. The van der Waals surface area contributed by atoms with E-state index in [1.165, 1.54) is 33.5 Å². The second-order valence-electron chi connectivity index (χ2n) is 30.5. The number of ether oxygens (including phenoxy) is 11. The molecule has 3 saturated heterocycles. The van der Waals surface area contributed by atoms with E-state index >= 15 is 4.79 Å². The van der Waals surface area contributed by atoms with Crippen LogP contribution in [0.1, 0.15) is 119 Å². The molecule has 7 amide bonds. The predicted octanol–water partition coefficient (Wildman–Crippen LogP) is 5.42. The summed E-state index contributed by atoms with van der Waals surface area (Å²) in [5.41, 5.74) is 7.78. The Morgan fingerprint density at radius 3 is 1.57 bits per heavy atom. The lowest BCUT2D eigenvalue weighted by atomic mass is 9.91. The Morgan fingerprint density at radius 2 is 1.03 bits per heavy atom. The molecule has 0 bridgehead atoms. The number of imide groups is 1. The van der Waals surface area contributed by atoms with Gasteiger partial charge in [0.2, 0.25) is 32.9 Å². The number of nitrogens with one attached hydrogen (secondary N) is 3. The second-order valence-corrected chi connectivity index (χ2v) is 37.1. The van der Waals surface area contributed by atoms with Crippen molar-refractivity contribution in [2.75, 3.05) is 208 Å². The number of pyridine rings is 1. The number of hydrogen-bond donors (Lipinski definition) is 4. The molecule has 125 heavy (non-hydrogen) atoms. The Kier molecular flexibility index (Phi) is 39.9. The zero-order chi connectivity index (χ0) is 89.1. The molecule has 5 heterocycles. The fourth-order valence-electron chi connectivity index (χ4n) is 15.1. The highest BCUT2D eigenvalue weighted by molar-refractivity contribution is 8.00. The third-order valence-electron chi connectivity index (χ3n) is 21.5. The molecule has 0 spiro atoms. The van der Waals surface area contributed by atoms with E-state index in [2.05, 4.69) is 16.0 Å². The van der Waals surface area contributed by atoms with Crippen LogP contribution in [-0.2, 0) is 108 Å². The van der Waals surface area contributed by atoms with Crippen molar-refractivity contribution in [3.05, 3.63) is 119 Å². The van der Waals surface area contributed by atoms with E-state index in [1.54, 1.807) is 74.5 Å². The second kappa shape index (κ2) is 50.4. The zero-order valence-electron chi connectivity index (χ0n) is 71.1. The van der Waals surface area contributed by atoms with Crippen molar-refractivity contribution in [1.29, 1.82) is 0 Å². The van der Waals surface area contributed by atoms with E-state index in [0.29, 0.717) is 195 Å². The number of urea groups is 1. The predicted molar refractivity (Wildman–Crippen MR) is 462 cm³/mol. The number of ketones is 2. The van der Waals surface area contributed by atoms with E-state index in [0.717, 1.165) is 41.0 Å². The molecule has 3 unspecified atom stereocenters. The van der Waals surface area contributed by atoms with Crippen molar-refractivity contribution in [1.82, 2.24) is 34.4 Å². The fraction of sp³-hybridized carbons (Fsp3) is 0.570. The first kappa shape index (κ1) is 98.8. The molecule has 5 aromatic carbocycles. The van der Waals surface area contributed by atoms with E-state index in [-0.39, 0.29) is 165 Å². The lowest BCUT2D eigenvalue weighted by Crippen LogP contribution is -2.54. The number of fused-ring (bicyclic) bond motifs is 3. The molecule has 1 aromatic heterocycles. The van der Waals surface area contributed by atoms with Crippen LogP contribution in [0.4, 0.5) is 10.5 Å². The van der Waals surface area contributed by atoms with Gasteiger partial charge in [-0.15, -0.1) is 0 Å². The molecule has 39 heteroatoms. The topological polar surface area (TPSA) is 443 Å². The number of para-hydroxylation sites is 2. The Morgan fingerprint density at radius 1 is 0.544 bits per heavy atom. The third-order valence-corrected chi connectivity index (χ3v) is 27.6. The Bertz CT molecular complexity index is 4930. The van der Waals surface area contributed by atoms with Crippen molar-refractivity contribution in [2.45, 2.75) is 125 Å². The first-order valence-corrected chi connectivity index (χ1v) is 48.1. The minimum absolute atomic E-state index is 0.0131. The number of aromatic nitrogens is 1. The first-order valence-electron chi connectivity index (χ1n) is 42.6. The molecule has 5 N–H and O–H groups in total. The van der Waals surface area contributed by atoms with Crippen LogP contribution in [-0.4, -0.2) is 315 Å². The average molecular weight is 1820 g/mol. The molecule has 0 aliphatic carbocycles. The Labute approximate surface area is 734 Å². The number of nitrogens with zero attached hydrogens (tertiary/aromatic N) is 5. The van der Waals surface area contributed by atoms with Gasteiger partial charge in [0.25, 0.3) is 27.7 Å². The number of carbonyl (C=O) groups excluding carboxylic acids is 8. The van der Waals surface area contributed by atoms with Gasteiger partial charge in [-0.3, -0.25) is 38.5 Å². The number of aryl methyl sites for hydroxylation is 3. The fourth-order valence-corrected chi connectivity index (χ4v) is 20.1. The third kappa shape index (κ3) is 29.6. The number of unbranched alkanes of at least 4 members (excludes halogenated alkanes) is 1. The molecular formula is C86H117N9O26S4. The highest BCUT2D eigenvalue weighted by Gasteiger charge is 2.43. The molecule has 4 aliphatic rings. The summed E-state index contributed by atoms with van der Waals surface area (Å²) < 4.78 is 159. The molecule has 0 radical (unpaired) electrons. The van der Waals surface area contributed by atoms with Gasteiger partial charge in [0.05, 0.1) is 187 Å². The Hall–Kier alpha value is -8.33. The van der Waals surface area contributed by atoms with Crippen molar-refractivity contribution in [3.63, 3.8) is 0 Å². The minimum atomic E-state index is -5.16. The summed E-state index contributed by atoms with van der Waals surface area (Å²) in [6, 6.07) is 24.1. The lowest BCUT2D eigenvalue weighted by Gasteiger charge is -2.35. The van der Waals surface area contributed by atoms with Gasteiger partial charge in [0, 0.05) is 130 Å². The van der Waals surface area contributed by atoms with Gasteiger partial charge >= 0.3 is 6.03 Å². The smallest absolute Gasteiger partial charge is 0.315 e. The van der Waals surface area contributed by atoms with Gasteiger partial charge < -0.3 is 83.2 Å². The number of nitrogens with two attached hydrogens (primary N) is 1. The number of piperazine rings is 1. The SMILES string of the molecule is Cc1ccc(S(=O)(=O)N(CCCC(=O)CCCOCCOCCOCCOCCC(=O)NCCOCCOCCOCCOCCOCCOCCOCCCC(=O)CCCCC2SCC3NC(=O)NC32)C(=O)c2c3ccccc3[n+](CCCS(=O)(=O)N3CCN(C(=O)CN4C(=O)c5cc(C)cc6c(N)c(S(=O)(=O)[O-])cc(c56)C4=O)CC3)c3ccccc23)cc1. The summed E-state index contributed by atoms with van der Waals surface area (Å²) in [4.78, 5) is 107. The summed E-state index contributed by atoms with van der Waals surface area (Å²) in [5, 5.41) is 10.1. The summed E-state index contributed by atoms with van der Waals surface area (Å²) >= 11 is 1.90. The normalized spacial score (nSPS) is 16.2. The van der Waals surface area contributed by atoms with Gasteiger partial charge in [-0.05, 0) is 94.0 Å². The standard InChI is InChI=1S/C86H117N9O26S4/c1-62-22-24-66(25-23-62)124(106,107)95(85(102)80-67-17-4-6-19-73(67)93(74-20-7-5-18-68(74)80)28-12-56-123(104,105)92-32-30-91(31-33-92)78(99)60-94-83(100)70-58-63(2)57-69-79(70)71(84(94)101)59-76(81(69)87)125(108,109)110)29-9-14-65(97)16-11-35-112-39-43-115-46-48-117-44-40-113-36-26-77(98)88-27-37-114-41-45-118-49-51-120-53-55-121-54-52-119-50-47-116-42-38-111-34-10-15-64(96)13-3-8-21-75-82-72(61-122-75)89-86(103)90-82/h4-7,17-20,22-25,57-59,72,75,82H,3,8-16,21,26-56,60-61H2,1-2H3,(H5-,87,88,89,90,98,100,101,103,108,109,110). The first-order chi connectivity index (χ1) is 60.3. The summed E-state index contributed by atoms with van der Waals surface area (Å²) in [6.07, 6.45) is 5.53. The van der Waals surface area contributed by atoms with Crippen molar-refractivity contribution in [3.8, 4) is 0 Å². The van der Waals surface area contributed by atoms with Gasteiger partial charge in [-0.2, -0.15) is 20.6 Å². The summed E-state index contributed by atoms with van der Waals surface area (Å²) in [6.45, 7) is 10.8. The maximum Gasteiger partial charge on any atom is 0.315 e. The molecular weight excluding hydrogens is 1700 g/mol. The number of benzene rings is 5. The van der Waals surface area contributed by atoms with Gasteiger partial charge in [0.15, 0.2) is 6.54 Å². The number of amides is 7. The number of thioether (sulfide) groups is 1. The van der Waals surface area contributed by atoms with E-state index in [9.17, 15) is 63.4 Å². The van der Waals surface area contributed by atoms with Gasteiger partial charge in [-0.25, -0.2) is 34.4 Å². The molecule has 4 aliphatic heterocycles. The number of hydrogen-bond acceptors (Lipinski definition) is 28. The molecule has 35 nitrogen and oxygen atoms in total. The van der Waals surface area contributed by atoms with Crippen LogP contribution in [0.15, 0.2) is 101 Å². The van der Waals surface area contributed by atoms with Gasteiger partial charge in [0.1, 0.15) is 28.2 Å². The van der Waals surface area contributed by atoms with E-state index < -0.39 is 70.9 Å². The van der Waals surface area contributed by atoms with Crippen LogP contribution in [0.5, 0.6) is 0 Å². The highest BCUT2D eigenvalue weighted by atomic mass is 32.2. The van der Waals surface area contributed by atoms with Crippen molar-refractivity contribution >= 4 is 127 Å². The van der Waals surface area contributed by atoms with Crippen LogP contribution in [0.3, 0.4) is 0 Å². The van der Waals surface area contributed by atoms with Crippen LogP contribution in [0, 0.1) is 13.8 Å². The van der Waals surface area contributed by atoms with Crippen LogP contribution < -0.4 is 26.3 Å². The largest absolute Gasteiger partial charge is 0.744 e. The minimum Gasteiger partial charge on any atom is -0.744 e. The highest BCUT2D eigenvalue weighted by Crippen LogP contribution is 2.39. The number of anilines is 1. The molecule has 0 saturated carbocycles. The molecule has 3 atom stereocenters. The summed E-state index contributed by atoms with van der Waals surface area (Å²) in [7, 11) is -13.6. The van der Waals surface area contributed by atoms with Crippen LogP contribution >= 0.6 is 11.8 Å².